The van der Waals surface area contributed by atoms with Gasteiger partial charge in [-0.2, -0.15) is 13.9 Å². The highest BCUT2D eigenvalue weighted by Crippen LogP contribution is 2.41. The molecular weight excluding hydrogens is 621 g/mol. The number of fused-ring (bicyclic) bond motifs is 1. The third-order valence-corrected chi connectivity index (χ3v) is 9.67. The number of nitrogens with two attached hydrogens (primary N) is 1. The second kappa shape index (κ2) is 12.3. The number of hydrogen-bond donors (Lipinski definition) is 1. The zero-order valence-corrected chi connectivity index (χ0v) is 25.9. The Balaban J connectivity index is 1.22. The van der Waals surface area contributed by atoms with E-state index in [1.54, 1.807) is 42.5 Å². The molecule has 0 unspecified atom stereocenters. The molecule has 0 saturated carbocycles. The quantitative estimate of drug-likeness (QED) is 0.212. The van der Waals surface area contributed by atoms with Crippen LogP contribution in [0.3, 0.4) is 0 Å². The van der Waals surface area contributed by atoms with Gasteiger partial charge in [-0.1, -0.05) is 18.2 Å². The summed E-state index contributed by atoms with van der Waals surface area (Å²) < 4.78 is 78.1. The van der Waals surface area contributed by atoms with Crippen LogP contribution in [0.5, 0.6) is 17.2 Å². The van der Waals surface area contributed by atoms with E-state index in [1.165, 1.54) is 33.4 Å². The van der Waals surface area contributed by atoms with E-state index in [0.717, 1.165) is 17.4 Å². The number of hydrogen-bond acceptors (Lipinski definition) is 7. The first-order valence-electron chi connectivity index (χ1n) is 14.6. The monoisotopic (exact) mass is 652 g/mol. The molecule has 9 nitrogen and oxygen atoms in total. The van der Waals surface area contributed by atoms with E-state index in [-0.39, 0.29) is 54.1 Å². The molecule has 1 aliphatic heterocycles. The van der Waals surface area contributed by atoms with Gasteiger partial charge in [-0.3, -0.25) is 4.79 Å². The summed E-state index contributed by atoms with van der Waals surface area (Å²) >= 11 is 0. The summed E-state index contributed by atoms with van der Waals surface area (Å²) in [6, 6.07) is 14.4. The molecule has 0 atom stereocenters. The molecule has 0 radical (unpaired) electrons. The van der Waals surface area contributed by atoms with E-state index in [0.29, 0.717) is 41.0 Å². The molecule has 46 heavy (non-hydrogen) atoms. The molecular formula is C33H31F3N4O5S. The SMILES string of the molecule is Cc1cc(Oc2ccccc2F)ccc1-n1ncc(C(=O)C2=Cc3cc(OC(F)F)c(C4CCN(S(C)(=O)=O)CC4)cc3C2)c1N. The predicted octanol–water partition coefficient (Wildman–Crippen LogP) is 6.26. The van der Waals surface area contributed by atoms with Crippen LogP contribution >= 0.6 is 0 Å². The fourth-order valence-electron chi connectivity index (χ4n) is 6.03. The molecule has 240 valence electrons. The number of benzene rings is 3. The zero-order chi connectivity index (χ0) is 32.7. The second-order valence-electron chi connectivity index (χ2n) is 11.4. The largest absolute Gasteiger partial charge is 0.454 e. The summed E-state index contributed by atoms with van der Waals surface area (Å²) in [5.41, 5.74) is 10.3. The normalized spacial score (nSPS) is 15.6. The Morgan fingerprint density at radius 1 is 1.07 bits per heavy atom. The van der Waals surface area contributed by atoms with Gasteiger partial charge in [0.15, 0.2) is 17.3 Å². The van der Waals surface area contributed by atoms with Gasteiger partial charge in [-0.25, -0.2) is 21.8 Å². The second-order valence-corrected chi connectivity index (χ2v) is 13.4. The van der Waals surface area contributed by atoms with Gasteiger partial charge in [0, 0.05) is 25.1 Å². The summed E-state index contributed by atoms with van der Waals surface area (Å²) in [4.78, 5) is 13.7. The molecule has 1 aliphatic carbocycles. The Hall–Kier alpha value is -4.62. The number of carbonyl (C=O) groups excluding carboxylic acids is 1. The van der Waals surface area contributed by atoms with E-state index in [2.05, 4.69) is 5.10 Å². The first-order chi connectivity index (χ1) is 21.9. The Morgan fingerprint density at radius 3 is 2.48 bits per heavy atom. The molecule has 0 amide bonds. The summed E-state index contributed by atoms with van der Waals surface area (Å²) in [6.07, 6.45) is 5.34. The van der Waals surface area contributed by atoms with Gasteiger partial charge in [-0.15, -0.1) is 0 Å². The number of allylic oxidation sites excluding steroid dienone is 1. The van der Waals surface area contributed by atoms with Gasteiger partial charge < -0.3 is 15.2 Å². The molecule has 1 fully saturated rings. The third-order valence-electron chi connectivity index (χ3n) is 8.36. The summed E-state index contributed by atoms with van der Waals surface area (Å²) in [6.45, 7) is -0.681. The highest BCUT2D eigenvalue weighted by Gasteiger charge is 2.31. The number of ether oxygens (including phenoxy) is 2. The van der Waals surface area contributed by atoms with Crippen LogP contribution in [-0.4, -0.2) is 54.2 Å². The number of carbonyl (C=O) groups is 1. The van der Waals surface area contributed by atoms with Crippen LogP contribution in [0, 0.1) is 12.7 Å². The molecule has 0 bridgehead atoms. The Kier molecular flexibility index (Phi) is 8.38. The van der Waals surface area contributed by atoms with E-state index >= 15 is 0 Å². The number of para-hydroxylation sites is 1. The average molecular weight is 653 g/mol. The van der Waals surface area contributed by atoms with Crippen LogP contribution in [0.2, 0.25) is 0 Å². The van der Waals surface area contributed by atoms with Crippen LogP contribution in [0.4, 0.5) is 19.0 Å². The Morgan fingerprint density at radius 2 is 1.80 bits per heavy atom. The standard InChI is InChI=1S/C33H31F3N4O5S/c1-19-13-24(44-29-6-4-3-5-27(29)34)7-8-28(19)40-32(37)26(18-38-40)31(41)23-14-21-16-25(30(45-33(35)36)17-22(21)15-23)20-9-11-39(12-10-20)46(2,42)43/h3-8,13,15-18,20,33H,9-12,14,37H2,1-2H3. The highest BCUT2D eigenvalue weighted by molar-refractivity contribution is 7.88. The van der Waals surface area contributed by atoms with Gasteiger partial charge in [0.2, 0.25) is 10.0 Å². The molecule has 4 aromatic rings. The Bertz CT molecular complexity index is 1970. The smallest absolute Gasteiger partial charge is 0.387 e. The van der Waals surface area contributed by atoms with E-state index in [1.807, 2.05) is 6.92 Å². The minimum atomic E-state index is -3.35. The first kappa shape index (κ1) is 31.4. The van der Waals surface area contributed by atoms with Crippen molar-refractivity contribution >= 4 is 27.7 Å². The molecule has 2 heterocycles. The lowest BCUT2D eigenvalue weighted by Gasteiger charge is -2.31. The lowest BCUT2D eigenvalue weighted by atomic mass is 9.87. The maximum absolute atomic E-state index is 14.0. The minimum absolute atomic E-state index is 0.0155. The van der Waals surface area contributed by atoms with Gasteiger partial charge in [0.1, 0.15) is 17.3 Å². The molecule has 2 aliphatic rings. The van der Waals surface area contributed by atoms with Crippen LogP contribution in [0.25, 0.3) is 11.8 Å². The number of aryl methyl sites for hydroxylation is 1. The molecule has 13 heteroatoms. The summed E-state index contributed by atoms with van der Waals surface area (Å²) in [7, 11) is -3.35. The number of piperidine rings is 1. The number of anilines is 1. The number of rotatable bonds is 9. The molecule has 1 aromatic heterocycles. The number of Topliss-reactive ketones (excluding diaryl/α,β-unsaturated/α-hetero) is 1. The van der Waals surface area contributed by atoms with Crippen LogP contribution < -0.4 is 15.2 Å². The number of nitrogens with zero attached hydrogens (tertiary/aromatic N) is 3. The van der Waals surface area contributed by atoms with Gasteiger partial charge in [-0.05, 0) is 90.4 Å². The number of sulfonamides is 1. The fraction of sp³-hybridized carbons (Fsp3) is 0.273. The van der Waals surface area contributed by atoms with Crippen molar-refractivity contribution in [3.8, 4) is 22.9 Å². The minimum Gasteiger partial charge on any atom is -0.454 e. The summed E-state index contributed by atoms with van der Waals surface area (Å²) in [5, 5.41) is 4.35. The van der Waals surface area contributed by atoms with Crippen molar-refractivity contribution in [2.45, 2.75) is 38.7 Å². The van der Waals surface area contributed by atoms with Gasteiger partial charge >= 0.3 is 6.61 Å². The number of halogens is 3. The summed E-state index contributed by atoms with van der Waals surface area (Å²) in [5.74, 6) is -0.388. The van der Waals surface area contributed by atoms with Crippen LogP contribution in [-0.2, 0) is 16.4 Å². The van der Waals surface area contributed by atoms with Crippen molar-refractivity contribution in [2.75, 3.05) is 25.1 Å². The lowest BCUT2D eigenvalue weighted by molar-refractivity contribution is -0.0507. The van der Waals surface area contributed by atoms with E-state index in [4.69, 9.17) is 15.2 Å². The lowest BCUT2D eigenvalue weighted by Crippen LogP contribution is -2.37. The number of nitrogen functional groups attached to an aromatic ring is 1. The third kappa shape index (κ3) is 6.24. The topological polar surface area (TPSA) is 117 Å². The Labute approximate surface area is 264 Å². The van der Waals surface area contributed by atoms with Crippen molar-refractivity contribution < 1.29 is 35.9 Å². The molecule has 0 spiro atoms. The van der Waals surface area contributed by atoms with E-state index < -0.39 is 22.5 Å². The molecule has 3 aromatic carbocycles. The fourth-order valence-corrected chi connectivity index (χ4v) is 6.91. The maximum atomic E-state index is 14.0. The van der Waals surface area contributed by atoms with Gasteiger partial charge in [0.25, 0.3) is 0 Å². The van der Waals surface area contributed by atoms with Crippen LogP contribution in [0.15, 0.2) is 66.4 Å². The van der Waals surface area contributed by atoms with E-state index in [9.17, 15) is 26.4 Å². The zero-order valence-electron chi connectivity index (χ0n) is 25.0. The van der Waals surface area contributed by atoms with Gasteiger partial charge in [0.05, 0.1) is 23.7 Å². The van der Waals surface area contributed by atoms with Crippen LogP contribution in [0.1, 0.15) is 51.4 Å². The number of ketones is 1. The van der Waals surface area contributed by atoms with Crippen molar-refractivity contribution in [1.82, 2.24) is 14.1 Å². The molecule has 1 saturated heterocycles. The predicted molar refractivity (Wildman–Crippen MR) is 167 cm³/mol. The highest BCUT2D eigenvalue weighted by atomic mass is 32.2. The van der Waals surface area contributed by atoms with Crippen molar-refractivity contribution in [3.63, 3.8) is 0 Å². The maximum Gasteiger partial charge on any atom is 0.387 e. The number of aromatic nitrogens is 2. The van der Waals surface area contributed by atoms with Crippen molar-refractivity contribution in [3.05, 3.63) is 100 Å². The average Bonchev–Trinajstić information content (AvgIpc) is 3.60. The van der Waals surface area contributed by atoms with Crippen molar-refractivity contribution in [1.29, 1.82) is 0 Å². The van der Waals surface area contributed by atoms with Crippen molar-refractivity contribution in [2.24, 2.45) is 0 Å². The number of alkyl halides is 2. The molecule has 6 rings (SSSR count). The first-order valence-corrected chi connectivity index (χ1v) is 16.4. The molecule has 2 N–H and O–H groups in total.